The van der Waals surface area contributed by atoms with Gasteiger partial charge in [-0.25, -0.2) is 4.79 Å². The Kier molecular flexibility index (Phi) is 9.63. The van der Waals surface area contributed by atoms with Crippen LogP contribution in [0.3, 0.4) is 0 Å². The van der Waals surface area contributed by atoms with Crippen LogP contribution < -0.4 is 11.1 Å². The van der Waals surface area contributed by atoms with E-state index in [1.54, 1.807) is 0 Å². The molecule has 0 heterocycles. The van der Waals surface area contributed by atoms with Gasteiger partial charge in [-0.3, -0.25) is 0 Å². The van der Waals surface area contributed by atoms with E-state index in [9.17, 15) is 4.79 Å². The third kappa shape index (κ3) is 7.47. The van der Waals surface area contributed by atoms with Crippen LogP contribution in [0.15, 0.2) is 0 Å². The van der Waals surface area contributed by atoms with Crippen LogP contribution in [-0.2, 0) is 14.2 Å². The van der Waals surface area contributed by atoms with Gasteiger partial charge in [-0.1, -0.05) is 0 Å². The Morgan fingerprint density at radius 2 is 1.56 bits per heavy atom. The molecule has 0 saturated heterocycles. The molecule has 0 rings (SSSR count). The van der Waals surface area contributed by atoms with Gasteiger partial charge in [-0.2, -0.15) is 0 Å². The van der Waals surface area contributed by atoms with Gasteiger partial charge in [0.15, 0.2) is 0 Å². The summed E-state index contributed by atoms with van der Waals surface area (Å²) in [6.07, 6.45) is 2.25. The second-order valence-corrected chi connectivity index (χ2v) is 3.73. The minimum atomic E-state index is -0.953. The van der Waals surface area contributed by atoms with Crippen molar-refractivity contribution in [3.63, 3.8) is 0 Å². The Labute approximate surface area is 109 Å². The number of carbonyl (C=O) groups is 1. The topological polar surface area (TPSA) is 82.8 Å². The lowest BCUT2D eigenvalue weighted by atomic mass is 10.2. The Bertz CT molecular complexity index is 207. The molecule has 0 aromatic heterocycles. The zero-order valence-corrected chi connectivity index (χ0v) is 11.7. The maximum absolute atomic E-state index is 10.5. The standard InChI is InChI=1S/C12H26N2O4/c1-4-16-12(17-5-2,18-6-3)9-7-8-10-14-11(13)15/h4-10H2,1-3H3,(H3,13,14,15). The first-order valence-corrected chi connectivity index (χ1v) is 6.55. The number of unbranched alkanes of at least 4 members (excludes halogenated alkanes) is 1. The highest BCUT2D eigenvalue weighted by Gasteiger charge is 2.31. The lowest BCUT2D eigenvalue weighted by Crippen LogP contribution is -2.39. The number of urea groups is 1. The highest BCUT2D eigenvalue weighted by atomic mass is 16.9. The smallest absolute Gasteiger partial charge is 0.312 e. The number of nitrogens with two attached hydrogens (primary N) is 1. The fraction of sp³-hybridized carbons (Fsp3) is 0.917. The van der Waals surface area contributed by atoms with Crippen LogP contribution in [0.25, 0.3) is 0 Å². The molecule has 108 valence electrons. The summed E-state index contributed by atoms with van der Waals surface area (Å²) in [6.45, 7) is 7.85. The van der Waals surface area contributed by atoms with Gasteiger partial charge in [0.05, 0.1) is 0 Å². The number of primary amides is 1. The lowest BCUT2D eigenvalue weighted by molar-refractivity contribution is -0.380. The molecule has 0 unspecified atom stereocenters. The van der Waals surface area contributed by atoms with Crippen LogP contribution in [-0.4, -0.2) is 38.4 Å². The maximum Gasteiger partial charge on any atom is 0.312 e. The summed E-state index contributed by atoms with van der Waals surface area (Å²) in [5, 5.41) is 2.54. The lowest BCUT2D eigenvalue weighted by Gasteiger charge is -2.32. The van der Waals surface area contributed by atoms with Crippen molar-refractivity contribution in [2.75, 3.05) is 26.4 Å². The predicted molar refractivity (Wildman–Crippen MR) is 69.0 cm³/mol. The molecule has 0 aliphatic carbocycles. The number of rotatable bonds is 11. The SMILES string of the molecule is CCOC(CCCCNC(N)=O)(OCC)OCC. The normalized spacial score (nSPS) is 11.5. The van der Waals surface area contributed by atoms with Crippen molar-refractivity contribution in [1.82, 2.24) is 5.32 Å². The van der Waals surface area contributed by atoms with Crippen LogP contribution in [0.4, 0.5) is 4.79 Å². The van der Waals surface area contributed by atoms with E-state index in [0.29, 0.717) is 32.8 Å². The van der Waals surface area contributed by atoms with E-state index in [4.69, 9.17) is 19.9 Å². The van der Waals surface area contributed by atoms with E-state index >= 15 is 0 Å². The zero-order valence-electron chi connectivity index (χ0n) is 11.7. The summed E-state index contributed by atoms with van der Waals surface area (Å²) in [7, 11) is 0. The largest absolute Gasteiger partial charge is 0.352 e. The first-order chi connectivity index (χ1) is 8.60. The summed E-state index contributed by atoms with van der Waals surface area (Å²) in [4.78, 5) is 10.5. The van der Waals surface area contributed by atoms with E-state index in [2.05, 4.69) is 5.32 Å². The summed E-state index contributed by atoms with van der Waals surface area (Å²) in [5.74, 6) is -0.953. The van der Waals surface area contributed by atoms with Crippen LogP contribution in [0, 0.1) is 0 Å². The molecule has 6 nitrogen and oxygen atoms in total. The second-order valence-electron chi connectivity index (χ2n) is 3.73. The highest BCUT2D eigenvalue weighted by Crippen LogP contribution is 2.22. The molecule has 0 aliphatic rings. The second kappa shape index (κ2) is 10.1. The van der Waals surface area contributed by atoms with E-state index in [0.717, 1.165) is 12.8 Å². The number of hydrogen-bond acceptors (Lipinski definition) is 4. The average Bonchev–Trinajstić information content (AvgIpc) is 2.29. The molecule has 0 atom stereocenters. The minimum Gasteiger partial charge on any atom is -0.352 e. The fourth-order valence-corrected chi connectivity index (χ4v) is 1.68. The molecule has 0 aromatic rings. The van der Waals surface area contributed by atoms with Gasteiger partial charge in [-0.15, -0.1) is 0 Å². The first kappa shape index (κ1) is 17.2. The quantitative estimate of drug-likeness (QED) is 0.437. The van der Waals surface area contributed by atoms with Gasteiger partial charge in [0.25, 0.3) is 5.97 Å². The van der Waals surface area contributed by atoms with Crippen molar-refractivity contribution < 1.29 is 19.0 Å². The van der Waals surface area contributed by atoms with E-state index in [-0.39, 0.29) is 0 Å². The Hall–Kier alpha value is -0.850. The number of carbonyl (C=O) groups excluding carboxylic acids is 1. The molecule has 0 aliphatic heterocycles. The Morgan fingerprint density at radius 1 is 1.06 bits per heavy atom. The van der Waals surface area contributed by atoms with E-state index < -0.39 is 12.0 Å². The average molecular weight is 262 g/mol. The molecule has 18 heavy (non-hydrogen) atoms. The number of nitrogens with one attached hydrogen (secondary N) is 1. The molecule has 0 aromatic carbocycles. The van der Waals surface area contributed by atoms with Crippen molar-refractivity contribution in [3.8, 4) is 0 Å². The molecule has 2 amide bonds. The van der Waals surface area contributed by atoms with Gasteiger partial charge >= 0.3 is 6.03 Å². The van der Waals surface area contributed by atoms with Crippen molar-refractivity contribution in [2.45, 2.75) is 46.0 Å². The number of amides is 2. The summed E-state index contributed by atoms with van der Waals surface area (Å²) < 4.78 is 16.7. The van der Waals surface area contributed by atoms with Crippen LogP contribution in [0.2, 0.25) is 0 Å². The van der Waals surface area contributed by atoms with Crippen LogP contribution >= 0.6 is 0 Å². The molecule has 0 saturated carbocycles. The molecular formula is C12H26N2O4. The zero-order chi connectivity index (χ0) is 13.9. The Balaban J connectivity index is 4.08. The summed E-state index contributed by atoms with van der Waals surface area (Å²) >= 11 is 0. The van der Waals surface area contributed by atoms with Gasteiger partial charge in [0, 0.05) is 32.8 Å². The predicted octanol–water partition coefficient (Wildman–Crippen LogP) is 1.59. The fourth-order valence-electron chi connectivity index (χ4n) is 1.68. The van der Waals surface area contributed by atoms with Crippen molar-refractivity contribution >= 4 is 6.03 Å². The number of ether oxygens (including phenoxy) is 3. The van der Waals surface area contributed by atoms with Crippen LogP contribution in [0.1, 0.15) is 40.0 Å². The van der Waals surface area contributed by atoms with Crippen LogP contribution in [0.5, 0.6) is 0 Å². The van der Waals surface area contributed by atoms with Gasteiger partial charge in [-0.05, 0) is 33.6 Å². The number of hydrogen-bond donors (Lipinski definition) is 2. The highest BCUT2D eigenvalue weighted by molar-refractivity contribution is 5.71. The first-order valence-electron chi connectivity index (χ1n) is 6.55. The van der Waals surface area contributed by atoms with Gasteiger partial charge in [0.2, 0.25) is 0 Å². The van der Waals surface area contributed by atoms with Crippen molar-refractivity contribution in [2.24, 2.45) is 5.73 Å². The van der Waals surface area contributed by atoms with Gasteiger partial charge in [0.1, 0.15) is 0 Å². The molecule has 0 radical (unpaired) electrons. The molecule has 3 N–H and O–H groups in total. The Morgan fingerprint density at radius 3 is 1.94 bits per heavy atom. The van der Waals surface area contributed by atoms with Gasteiger partial charge < -0.3 is 25.3 Å². The van der Waals surface area contributed by atoms with E-state index in [1.807, 2.05) is 20.8 Å². The third-order valence-corrected chi connectivity index (χ3v) is 2.30. The monoisotopic (exact) mass is 262 g/mol. The van der Waals surface area contributed by atoms with Crippen molar-refractivity contribution in [3.05, 3.63) is 0 Å². The summed E-state index contributed by atoms with van der Waals surface area (Å²) in [6, 6.07) is -0.499. The summed E-state index contributed by atoms with van der Waals surface area (Å²) in [5.41, 5.74) is 4.98. The molecular weight excluding hydrogens is 236 g/mol. The minimum absolute atomic E-state index is 0.499. The molecule has 6 heteroatoms. The molecule has 0 spiro atoms. The molecule has 0 fully saturated rings. The van der Waals surface area contributed by atoms with Crippen molar-refractivity contribution in [1.29, 1.82) is 0 Å². The third-order valence-electron chi connectivity index (χ3n) is 2.30. The van der Waals surface area contributed by atoms with E-state index in [1.165, 1.54) is 0 Å². The maximum atomic E-state index is 10.5. The molecule has 0 bridgehead atoms.